The molecular formula is C17H25Cl3N2O. The van der Waals surface area contributed by atoms with Gasteiger partial charge in [0.1, 0.15) is 0 Å². The number of hydrogen-bond donors (Lipinski definition) is 2. The van der Waals surface area contributed by atoms with E-state index >= 15 is 0 Å². The number of hydrogen-bond acceptors (Lipinski definition) is 2. The third kappa shape index (κ3) is 7.30. The minimum Gasteiger partial charge on any atom is -0.356 e. The average Bonchev–Trinajstić information content (AvgIpc) is 2.47. The molecule has 0 bridgehead atoms. The van der Waals surface area contributed by atoms with Crippen LogP contribution in [0, 0.1) is 11.8 Å². The van der Waals surface area contributed by atoms with Crippen molar-refractivity contribution in [3.05, 3.63) is 33.8 Å². The summed E-state index contributed by atoms with van der Waals surface area (Å²) in [5, 5.41) is 7.67. The number of carbonyl (C=O) groups is 1. The van der Waals surface area contributed by atoms with E-state index in [9.17, 15) is 4.79 Å². The Morgan fingerprint density at radius 1 is 1.35 bits per heavy atom. The third-order valence-corrected chi connectivity index (χ3v) is 4.74. The highest BCUT2D eigenvalue weighted by molar-refractivity contribution is 6.34. The second-order valence-corrected chi connectivity index (χ2v) is 7.04. The van der Waals surface area contributed by atoms with E-state index in [4.69, 9.17) is 23.2 Å². The number of halogens is 3. The summed E-state index contributed by atoms with van der Waals surface area (Å²) < 4.78 is 0. The largest absolute Gasteiger partial charge is 0.356 e. The molecule has 2 atom stereocenters. The van der Waals surface area contributed by atoms with Gasteiger partial charge in [-0.1, -0.05) is 30.1 Å². The van der Waals surface area contributed by atoms with E-state index in [-0.39, 0.29) is 18.3 Å². The zero-order valence-electron chi connectivity index (χ0n) is 13.4. The van der Waals surface area contributed by atoms with Crippen LogP contribution >= 0.6 is 35.6 Å². The zero-order valence-corrected chi connectivity index (χ0v) is 15.7. The molecule has 1 saturated heterocycles. The van der Waals surface area contributed by atoms with Gasteiger partial charge in [0, 0.05) is 23.0 Å². The highest BCUT2D eigenvalue weighted by Crippen LogP contribution is 2.22. The van der Waals surface area contributed by atoms with Crippen molar-refractivity contribution in [3.8, 4) is 0 Å². The number of piperidine rings is 1. The summed E-state index contributed by atoms with van der Waals surface area (Å²) in [7, 11) is 0. The average molecular weight is 380 g/mol. The van der Waals surface area contributed by atoms with Crippen LogP contribution in [0.5, 0.6) is 0 Å². The summed E-state index contributed by atoms with van der Waals surface area (Å²) in [6.07, 6.45) is 3.78. The molecule has 3 nitrogen and oxygen atoms in total. The second-order valence-electron chi connectivity index (χ2n) is 6.17. The fraction of sp³-hybridized carbons (Fsp3) is 0.588. The molecule has 2 rings (SSSR count). The van der Waals surface area contributed by atoms with Crippen LogP contribution in [0.15, 0.2) is 18.2 Å². The van der Waals surface area contributed by atoms with Gasteiger partial charge in [0.05, 0.1) is 0 Å². The Morgan fingerprint density at radius 2 is 2.04 bits per heavy atom. The Hall–Kier alpha value is -0.480. The van der Waals surface area contributed by atoms with Crippen molar-refractivity contribution in [3.63, 3.8) is 0 Å². The molecule has 0 aliphatic carbocycles. The Labute approximate surface area is 154 Å². The van der Waals surface area contributed by atoms with E-state index in [1.807, 2.05) is 12.1 Å². The van der Waals surface area contributed by atoms with Crippen LogP contribution in [0.2, 0.25) is 10.0 Å². The Morgan fingerprint density at radius 3 is 2.65 bits per heavy atom. The fourth-order valence-electron chi connectivity index (χ4n) is 3.00. The standard InChI is InChI=1S/C17H24Cl2N2O.ClH/c1-12(14-3-2-5-20-11-14)7-17(22)21-6-4-13-8-15(18)10-16(19)9-13;/h8-10,12,14,20H,2-7,11H2,1H3,(H,21,22);1H. The summed E-state index contributed by atoms with van der Waals surface area (Å²) >= 11 is 11.9. The van der Waals surface area contributed by atoms with Crippen molar-refractivity contribution in [2.45, 2.75) is 32.6 Å². The number of amides is 1. The van der Waals surface area contributed by atoms with Crippen molar-refractivity contribution in [2.24, 2.45) is 11.8 Å². The van der Waals surface area contributed by atoms with Gasteiger partial charge in [-0.05, 0) is 68.0 Å². The van der Waals surface area contributed by atoms with Gasteiger partial charge in [-0.25, -0.2) is 0 Å². The van der Waals surface area contributed by atoms with Gasteiger partial charge in [0.2, 0.25) is 5.91 Å². The molecule has 130 valence electrons. The molecule has 6 heteroatoms. The van der Waals surface area contributed by atoms with E-state index in [0.717, 1.165) is 25.1 Å². The first-order valence-corrected chi connectivity index (χ1v) is 8.72. The van der Waals surface area contributed by atoms with Crippen LogP contribution in [0.3, 0.4) is 0 Å². The van der Waals surface area contributed by atoms with Crippen molar-refractivity contribution >= 4 is 41.5 Å². The van der Waals surface area contributed by atoms with Crippen LogP contribution in [0.25, 0.3) is 0 Å². The summed E-state index contributed by atoms with van der Waals surface area (Å²) in [6.45, 7) is 4.94. The highest BCUT2D eigenvalue weighted by atomic mass is 35.5. The van der Waals surface area contributed by atoms with E-state index in [2.05, 4.69) is 17.6 Å². The van der Waals surface area contributed by atoms with Crippen LogP contribution < -0.4 is 10.6 Å². The van der Waals surface area contributed by atoms with E-state index in [0.29, 0.717) is 34.8 Å². The molecule has 0 radical (unpaired) electrons. The van der Waals surface area contributed by atoms with Crippen LogP contribution in [0.4, 0.5) is 0 Å². The van der Waals surface area contributed by atoms with Crippen LogP contribution in [-0.4, -0.2) is 25.5 Å². The van der Waals surface area contributed by atoms with Gasteiger partial charge in [-0.15, -0.1) is 12.4 Å². The first-order valence-electron chi connectivity index (χ1n) is 7.97. The molecule has 2 unspecified atom stereocenters. The van der Waals surface area contributed by atoms with Gasteiger partial charge in [0.15, 0.2) is 0 Å². The summed E-state index contributed by atoms with van der Waals surface area (Å²) in [5.41, 5.74) is 1.04. The molecular weight excluding hydrogens is 355 g/mol. The van der Waals surface area contributed by atoms with Crippen molar-refractivity contribution in [1.82, 2.24) is 10.6 Å². The summed E-state index contributed by atoms with van der Waals surface area (Å²) in [6, 6.07) is 5.48. The predicted molar refractivity (Wildman–Crippen MR) is 99.8 cm³/mol. The molecule has 1 aromatic rings. The SMILES string of the molecule is CC(CC(=O)NCCc1cc(Cl)cc(Cl)c1)C1CCCNC1.Cl. The van der Waals surface area contributed by atoms with E-state index in [1.165, 1.54) is 12.8 Å². The lowest BCUT2D eigenvalue weighted by Crippen LogP contribution is -2.36. The topological polar surface area (TPSA) is 41.1 Å². The molecule has 1 amide bonds. The maximum atomic E-state index is 12.0. The molecule has 0 spiro atoms. The van der Waals surface area contributed by atoms with Crippen LogP contribution in [0.1, 0.15) is 31.7 Å². The molecule has 1 aromatic carbocycles. The van der Waals surface area contributed by atoms with Gasteiger partial charge < -0.3 is 10.6 Å². The van der Waals surface area contributed by atoms with Crippen molar-refractivity contribution < 1.29 is 4.79 Å². The molecule has 1 aliphatic heterocycles. The molecule has 2 N–H and O–H groups in total. The van der Waals surface area contributed by atoms with E-state index < -0.39 is 0 Å². The second kappa shape index (κ2) is 10.4. The maximum Gasteiger partial charge on any atom is 0.220 e. The molecule has 0 aromatic heterocycles. The number of benzene rings is 1. The Balaban J connectivity index is 0.00000264. The van der Waals surface area contributed by atoms with Gasteiger partial charge in [-0.2, -0.15) is 0 Å². The van der Waals surface area contributed by atoms with Crippen molar-refractivity contribution in [1.29, 1.82) is 0 Å². The highest BCUT2D eigenvalue weighted by Gasteiger charge is 2.21. The first-order chi connectivity index (χ1) is 10.5. The molecule has 1 heterocycles. The third-order valence-electron chi connectivity index (χ3n) is 4.31. The minimum atomic E-state index is 0. The fourth-order valence-corrected chi connectivity index (χ4v) is 3.57. The van der Waals surface area contributed by atoms with Crippen LogP contribution in [-0.2, 0) is 11.2 Å². The first kappa shape index (κ1) is 20.6. The predicted octanol–water partition coefficient (Wildman–Crippen LogP) is 4.10. The molecule has 1 fully saturated rings. The zero-order chi connectivity index (χ0) is 15.9. The summed E-state index contributed by atoms with van der Waals surface area (Å²) in [5.74, 6) is 1.17. The summed E-state index contributed by atoms with van der Waals surface area (Å²) in [4.78, 5) is 12.0. The Kier molecular flexibility index (Phi) is 9.30. The van der Waals surface area contributed by atoms with E-state index in [1.54, 1.807) is 6.07 Å². The lowest BCUT2D eigenvalue weighted by atomic mass is 9.85. The maximum absolute atomic E-state index is 12.0. The molecule has 1 aliphatic rings. The molecule has 23 heavy (non-hydrogen) atoms. The van der Waals surface area contributed by atoms with Gasteiger partial charge in [0.25, 0.3) is 0 Å². The lowest BCUT2D eigenvalue weighted by molar-refractivity contribution is -0.122. The normalized spacial score (nSPS) is 18.8. The quantitative estimate of drug-likeness (QED) is 0.781. The number of rotatable bonds is 6. The van der Waals surface area contributed by atoms with Gasteiger partial charge >= 0.3 is 0 Å². The monoisotopic (exact) mass is 378 g/mol. The van der Waals surface area contributed by atoms with Gasteiger partial charge in [-0.3, -0.25) is 4.79 Å². The smallest absolute Gasteiger partial charge is 0.220 e. The minimum absolute atomic E-state index is 0. The molecule has 0 saturated carbocycles. The Bertz CT molecular complexity index is 484. The number of nitrogens with one attached hydrogen (secondary N) is 2. The number of carbonyl (C=O) groups excluding carboxylic acids is 1. The van der Waals surface area contributed by atoms with Crippen molar-refractivity contribution in [2.75, 3.05) is 19.6 Å². The lowest BCUT2D eigenvalue weighted by Gasteiger charge is -2.28.